The van der Waals surface area contributed by atoms with E-state index in [4.69, 9.17) is 16.3 Å². The Balaban J connectivity index is 2.23. The average molecular weight is 292 g/mol. The van der Waals surface area contributed by atoms with Gasteiger partial charge in [-0.15, -0.1) is 0 Å². The minimum Gasteiger partial charge on any atom is -0.489 e. The quantitative estimate of drug-likeness (QED) is 0.780. The van der Waals surface area contributed by atoms with Crippen LogP contribution in [-0.4, -0.2) is 6.10 Å². The van der Waals surface area contributed by atoms with Crippen LogP contribution in [0.3, 0.4) is 0 Å². The number of nitrogens with zero attached hydrogens (tertiary/aromatic N) is 1. The van der Waals surface area contributed by atoms with Gasteiger partial charge in [0, 0.05) is 0 Å². The Labute approximate surface area is 126 Å². The molecule has 0 aliphatic heterocycles. The Morgan fingerprint density at radius 2 is 2.10 bits per heavy atom. The van der Waals surface area contributed by atoms with Crippen molar-refractivity contribution in [3.8, 4) is 11.8 Å². The smallest absolute Gasteiger partial charge is 0.139 e. The zero-order valence-electron chi connectivity index (χ0n) is 12.4. The highest BCUT2D eigenvalue weighted by molar-refractivity contribution is 6.31. The van der Waals surface area contributed by atoms with Crippen molar-refractivity contribution in [2.45, 2.75) is 46.1 Å². The highest BCUT2D eigenvalue weighted by atomic mass is 35.5. The Hall–Kier alpha value is -1.20. The minimum absolute atomic E-state index is 0.185. The van der Waals surface area contributed by atoms with E-state index in [-0.39, 0.29) is 6.10 Å². The summed E-state index contributed by atoms with van der Waals surface area (Å²) < 4.78 is 6.20. The van der Waals surface area contributed by atoms with Crippen molar-refractivity contribution in [2.24, 2.45) is 17.8 Å². The summed E-state index contributed by atoms with van der Waals surface area (Å²) >= 11 is 6.07. The van der Waals surface area contributed by atoms with Crippen LogP contribution < -0.4 is 4.74 Å². The van der Waals surface area contributed by atoms with Crippen molar-refractivity contribution in [1.29, 1.82) is 5.26 Å². The van der Waals surface area contributed by atoms with E-state index in [1.807, 2.05) is 12.1 Å². The van der Waals surface area contributed by atoms with Gasteiger partial charge in [0.2, 0.25) is 0 Å². The Bertz CT molecular complexity index is 506. The third-order valence-corrected chi connectivity index (χ3v) is 4.64. The van der Waals surface area contributed by atoms with Gasteiger partial charge >= 0.3 is 0 Å². The summed E-state index contributed by atoms with van der Waals surface area (Å²) in [6.07, 6.45) is 3.71. The molecule has 0 heterocycles. The predicted molar refractivity (Wildman–Crippen MR) is 81.9 cm³/mol. The van der Waals surface area contributed by atoms with Gasteiger partial charge in [0.25, 0.3) is 0 Å². The summed E-state index contributed by atoms with van der Waals surface area (Å²) in [6.45, 7) is 6.77. The zero-order chi connectivity index (χ0) is 14.7. The molecule has 0 bridgehead atoms. The lowest BCUT2D eigenvalue weighted by molar-refractivity contribution is 0.0458. The molecule has 1 aliphatic carbocycles. The molecule has 1 saturated carbocycles. The van der Waals surface area contributed by atoms with Crippen molar-refractivity contribution >= 4 is 11.6 Å². The third-order valence-electron chi connectivity index (χ3n) is 4.33. The number of hydrogen-bond donors (Lipinski definition) is 0. The van der Waals surface area contributed by atoms with E-state index in [2.05, 4.69) is 26.8 Å². The van der Waals surface area contributed by atoms with Gasteiger partial charge in [0.05, 0.1) is 5.02 Å². The molecule has 3 atom stereocenters. The number of hydrogen-bond acceptors (Lipinski definition) is 2. The van der Waals surface area contributed by atoms with Gasteiger partial charge in [0.15, 0.2) is 0 Å². The fourth-order valence-corrected chi connectivity index (χ4v) is 3.33. The molecule has 1 aliphatic rings. The van der Waals surface area contributed by atoms with E-state index >= 15 is 0 Å². The van der Waals surface area contributed by atoms with Gasteiger partial charge < -0.3 is 4.74 Å². The molecule has 108 valence electrons. The normalized spacial score (nSPS) is 26.3. The molecule has 1 aromatic rings. The van der Waals surface area contributed by atoms with E-state index in [0.29, 0.717) is 34.1 Å². The van der Waals surface area contributed by atoms with Crippen molar-refractivity contribution in [3.05, 3.63) is 28.8 Å². The van der Waals surface area contributed by atoms with Gasteiger partial charge in [-0.2, -0.15) is 5.26 Å². The fraction of sp³-hybridized carbons (Fsp3) is 0.588. The highest BCUT2D eigenvalue weighted by Crippen LogP contribution is 2.37. The van der Waals surface area contributed by atoms with E-state index in [1.54, 1.807) is 6.07 Å². The van der Waals surface area contributed by atoms with Crippen LogP contribution in [0.4, 0.5) is 0 Å². The molecule has 2 nitrogen and oxygen atoms in total. The molecule has 3 heteroatoms. The van der Waals surface area contributed by atoms with Gasteiger partial charge in [-0.1, -0.05) is 44.9 Å². The van der Waals surface area contributed by atoms with Crippen molar-refractivity contribution in [1.82, 2.24) is 0 Å². The second-order valence-corrected chi connectivity index (χ2v) is 6.61. The van der Waals surface area contributed by atoms with Crippen molar-refractivity contribution in [2.75, 3.05) is 0 Å². The zero-order valence-corrected chi connectivity index (χ0v) is 13.2. The number of ether oxygens (including phenoxy) is 1. The Morgan fingerprint density at radius 1 is 1.35 bits per heavy atom. The maximum Gasteiger partial charge on any atom is 0.139 e. The predicted octanol–water partition coefficient (Wildman–Crippen LogP) is 5.05. The first-order valence-corrected chi connectivity index (χ1v) is 7.76. The second kappa shape index (κ2) is 6.50. The van der Waals surface area contributed by atoms with Crippen LogP contribution >= 0.6 is 11.6 Å². The standard InChI is InChI=1S/C17H22ClNO/c1-11(2)13-8-7-12(3)9-17(13)20-16-6-4-5-15(18)14(16)10-19/h4-6,11-13,17H,7-9H2,1-3H3. The summed E-state index contributed by atoms with van der Waals surface area (Å²) in [6, 6.07) is 7.58. The molecule has 0 saturated heterocycles. The first-order chi connectivity index (χ1) is 9.52. The number of nitriles is 1. The van der Waals surface area contributed by atoms with E-state index < -0.39 is 0 Å². The minimum atomic E-state index is 0.185. The molecule has 0 spiro atoms. The summed E-state index contributed by atoms with van der Waals surface area (Å²) in [5.74, 6) is 2.46. The third kappa shape index (κ3) is 3.27. The fourth-order valence-electron chi connectivity index (χ4n) is 3.12. The molecule has 0 amide bonds. The van der Waals surface area contributed by atoms with Gasteiger partial charge in [0.1, 0.15) is 23.5 Å². The van der Waals surface area contributed by atoms with Crippen molar-refractivity contribution < 1.29 is 4.74 Å². The van der Waals surface area contributed by atoms with Crippen LogP contribution in [0.25, 0.3) is 0 Å². The molecular weight excluding hydrogens is 270 g/mol. The molecular formula is C17H22ClNO. The van der Waals surface area contributed by atoms with Gasteiger partial charge in [-0.25, -0.2) is 0 Å². The summed E-state index contributed by atoms with van der Waals surface area (Å²) in [7, 11) is 0. The van der Waals surface area contributed by atoms with Crippen LogP contribution in [0, 0.1) is 29.1 Å². The maximum atomic E-state index is 9.24. The lowest BCUT2D eigenvalue weighted by Crippen LogP contribution is -2.36. The summed E-state index contributed by atoms with van der Waals surface area (Å²) in [5, 5.41) is 9.71. The van der Waals surface area contributed by atoms with E-state index in [0.717, 1.165) is 6.42 Å². The topological polar surface area (TPSA) is 33.0 Å². The molecule has 1 fully saturated rings. The number of rotatable bonds is 3. The lowest BCUT2D eigenvalue weighted by atomic mass is 9.75. The second-order valence-electron chi connectivity index (χ2n) is 6.21. The first-order valence-electron chi connectivity index (χ1n) is 7.38. The molecule has 0 radical (unpaired) electrons. The molecule has 20 heavy (non-hydrogen) atoms. The van der Waals surface area contributed by atoms with Gasteiger partial charge in [-0.05, 0) is 42.7 Å². The van der Waals surface area contributed by atoms with E-state index in [1.165, 1.54) is 12.8 Å². The average Bonchev–Trinajstić information content (AvgIpc) is 2.38. The molecule has 3 unspecified atom stereocenters. The van der Waals surface area contributed by atoms with E-state index in [9.17, 15) is 5.26 Å². The van der Waals surface area contributed by atoms with Crippen LogP contribution in [0.2, 0.25) is 5.02 Å². The largest absolute Gasteiger partial charge is 0.489 e. The molecule has 0 aromatic heterocycles. The Morgan fingerprint density at radius 3 is 2.75 bits per heavy atom. The highest BCUT2D eigenvalue weighted by Gasteiger charge is 2.32. The molecule has 2 rings (SSSR count). The monoisotopic (exact) mass is 291 g/mol. The van der Waals surface area contributed by atoms with Crippen molar-refractivity contribution in [3.63, 3.8) is 0 Å². The summed E-state index contributed by atoms with van der Waals surface area (Å²) in [5.41, 5.74) is 0.454. The van der Waals surface area contributed by atoms with Crippen LogP contribution in [-0.2, 0) is 0 Å². The number of benzene rings is 1. The first kappa shape index (κ1) is 15.2. The van der Waals surface area contributed by atoms with Crippen LogP contribution in [0.5, 0.6) is 5.75 Å². The number of halogens is 1. The summed E-state index contributed by atoms with van der Waals surface area (Å²) in [4.78, 5) is 0. The van der Waals surface area contributed by atoms with Crippen LogP contribution in [0.1, 0.15) is 45.6 Å². The van der Waals surface area contributed by atoms with Crippen LogP contribution in [0.15, 0.2) is 18.2 Å². The molecule has 1 aromatic carbocycles. The SMILES string of the molecule is CC1CCC(C(C)C)C(Oc2cccc(Cl)c2C#N)C1. The van der Waals surface area contributed by atoms with Gasteiger partial charge in [-0.3, -0.25) is 0 Å². The molecule has 0 N–H and O–H groups in total. The Kier molecular flexibility index (Phi) is 4.94. The maximum absolute atomic E-state index is 9.24. The lowest BCUT2D eigenvalue weighted by Gasteiger charge is -2.37.